The summed E-state index contributed by atoms with van der Waals surface area (Å²) in [6, 6.07) is 31.4. The number of carbonyl (C=O) groups excluding carboxylic acids is 2. The fourth-order valence-electron chi connectivity index (χ4n) is 3.35. The third kappa shape index (κ3) is 6.88. The van der Waals surface area contributed by atoms with E-state index in [1.165, 1.54) is 0 Å². The Bertz CT molecular complexity index is 1330. The number of anilines is 1. The molecule has 4 aromatic rings. The molecular weight excluding hydrogens is 438 g/mol. The third-order valence-electron chi connectivity index (χ3n) is 5.17. The monoisotopic (exact) mass is 463 g/mol. The summed E-state index contributed by atoms with van der Waals surface area (Å²) in [6.45, 7) is 2.41. The zero-order valence-electron chi connectivity index (χ0n) is 19.3. The van der Waals surface area contributed by atoms with E-state index in [1.807, 2.05) is 79.7 Å². The van der Waals surface area contributed by atoms with E-state index in [-0.39, 0.29) is 11.8 Å². The molecule has 174 valence electrons. The molecule has 0 fully saturated rings. The largest absolute Gasteiger partial charge is 0.489 e. The van der Waals surface area contributed by atoms with Crippen LogP contribution in [0.15, 0.2) is 108 Å². The van der Waals surface area contributed by atoms with Crippen molar-refractivity contribution in [3.8, 4) is 5.75 Å². The molecule has 0 spiro atoms. The van der Waals surface area contributed by atoms with Gasteiger partial charge in [0.25, 0.3) is 11.8 Å². The molecule has 6 nitrogen and oxygen atoms in total. The van der Waals surface area contributed by atoms with E-state index >= 15 is 0 Å². The van der Waals surface area contributed by atoms with Crippen molar-refractivity contribution in [3.63, 3.8) is 0 Å². The molecule has 0 saturated carbocycles. The van der Waals surface area contributed by atoms with Gasteiger partial charge in [-0.05, 0) is 66.6 Å². The molecule has 2 N–H and O–H groups in total. The average Bonchev–Trinajstić information content (AvgIpc) is 2.89. The van der Waals surface area contributed by atoms with Gasteiger partial charge in [0.1, 0.15) is 12.4 Å². The Morgan fingerprint density at radius 2 is 1.57 bits per heavy atom. The Morgan fingerprint density at radius 1 is 0.800 bits per heavy atom. The van der Waals surface area contributed by atoms with Gasteiger partial charge in [0.15, 0.2) is 0 Å². The third-order valence-corrected chi connectivity index (χ3v) is 5.17. The Morgan fingerprint density at radius 3 is 2.34 bits per heavy atom. The van der Waals surface area contributed by atoms with Crippen molar-refractivity contribution in [1.29, 1.82) is 0 Å². The molecule has 0 saturated heterocycles. The summed E-state index contributed by atoms with van der Waals surface area (Å²) in [6.07, 6.45) is 1.56. The molecule has 4 aromatic carbocycles. The Balaban J connectivity index is 1.29. The fourth-order valence-corrected chi connectivity index (χ4v) is 3.35. The second kappa shape index (κ2) is 11.4. The predicted molar refractivity (Wildman–Crippen MR) is 138 cm³/mol. The second-order valence-corrected chi connectivity index (χ2v) is 7.95. The smallest absolute Gasteiger partial charge is 0.271 e. The lowest BCUT2D eigenvalue weighted by molar-refractivity contribution is 0.0954. The molecule has 0 heterocycles. The lowest BCUT2D eigenvalue weighted by atomic mass is 10.1. The number of aryl methyl sites for hydroxylation is 1. The molecule has 0 aliphatic carbocycles. The lowest BCUT2D eigenvalue weighted by Crippen LogP contribution is -2.18. The summed E-state index contributed by atoms with van der Waals surface area (Å²) in [7, 11) is 0. The standard InChI is InChI=1S/C29H25N3O3/c1-21-7-5-11-25(17-21)28(33)31-26-15-13-24(14-16-26)29(34)32-30-19-23-10-6-12-27(18-23)35-20-22-8-3-2-4-9-22/h2-19H,20H2,1H3,(H,31,33)(H,32,34). The van der Waals surface area contributed by atoms with Crippen molar-refractivity contribution in [2.24, 2.45) is 5.10 Å². The van der Waals surface area contributed by atoms with E-state index in [0.717, 1.165) is 16.7 Å². The first-order chi connectivity index (χ1) is 17.1. The zero-order valence-corrected chi connectivity index (χ0v) is 19.3. The minimum atomic E-state index is -0.353. The topological polar surface area (TPSA) is 79.8 Å². The van der Waals surface area contributed by atoms with Crippen LogP contribution >= 0.6 is 0 Å². The Labute approximate surface area is 204 Å². The lowest BCUT2D eigenvalue weighted by Gasteiger charge is -2.07. The van der Waals surface area contributed by atoms with Crippen molar-refractivity contribution < 1.29 is 14.3 Å². The molecular formula is C29H25N3O3. The van der Waals surface area contributed by atoms with Crippen LogP contribution in [0.3, 0.4) is 0 Å². The second-order valence-electron chi connectivity index (χ2n) is 7.95. The van der Waals surface area contributed by atoms with Gasteiger partial charge >= 0.3 is 0 Å². The molecule has 0 atom stereocenters. The van der Waals surface area contributed by atoms with Gasteiger partial charge in [-0.2, -0.15) is 5.10 Å². The molecule has 4 rings (SSSR count). The number of hydrogen-bond donors (Lipinski definition) is 2. The van der Waals surface area contributed by atoms with Gasteiger partial charge in [0, 0.05) is 16.8 Å². The number of nitrogens with one attached hydrogen (secondary N) is 2. The van der Waals surface area contributed by atoms with Gasteiger partial charge in [-0.1, -0.05) is 60.2 Å². The van der Waals surface area contributed by atoms with Crippen molar-refractivity contribution in [2.45, 2.75) is 13.5 Å². The normalized spacial score (nSPS) is 10.7. The highest BCUT2D eigenvalue weighted by Gasteiger charge is 2.08. The Hall–Kier alpha value is -4.71. The van der Waals surface area contributed by atoms with Gasteiger partial charge in [0.05, 0.1) is 6.21 Å². The molecule has 0 unspecified atom stereocenters. The van der Waals surface area contributed by atoms with E-state index in [9.17, 15) is 9.59 Å². The van der Waals surface area contributed by atoms with Crippen LogP contribution in [0.25, 0.3) is 0 Å². The van der Waals surface area contributed by atoms with Crippen molar-refractivity contribution in [2.75, 3.05) is 5.32 Å². The SMILES string of the molecule is Cc1cccc(C(=O)Nc2ccc(C(=O)NN=Cc3cccc(OCc4ccccc4)c3)cc2)c1. The van der Waals surface area contributed by atoms with E-state index in [4.69, 9.17) is 4.74 Å². The van der Waals surface area contributed by atoms with Crippen molar-refractivity contribution >= 4 is 23.7 Å². The highest BCUT2D eigenvalue weighted by molar-refractivity contribution is 6.04. The van der Waals surface area contributed by atoms with Gasteiger partial charge in [-0.3, -0.25) is 9.59 Å². The van der Waals surface area contributed by atoms with Gasteiger partial charge in [-0.25, -0.2) is 5.43 Å². The molecule has 6 heteroatoms. The van der Waals surface area contributed by atoms with Crippen LogP contribution in [-0.4, -0.2) is 18.0 Å². The summed E-state index contributed by atoms with van der Waals surface area (Å²) in [5.74, 6) is 0.159. The Kier molecular flexibility index (Phi) is 7.66. The number of hydrazone groups is 1. The van der Waals surface area contributed by atoms with Crippen LogP contribution in [0.5, 0.6) is 5.75 Å². The zero-order chi connectivity index (χ0) is 24.5. The van der Waals surface area contributed by atoms with Crippen molar-refractivity contribution in [1.82, 2.24) is 5.43 Å². The minimum Gasteiger partial charge on any atom is -0.489 e. The van der Waals surface area contributed by atoms with Gasteiger partial charge in [0.2, 0.25) is 0 Å². The maximum atomic E-state index is 12.4. The number of amides is 2. The summed E-state index contributed by atoms with van der Waals surface area (Å²) in [5, 5.41) is 6.88. The van der Waals surface area contributed by atoms with Crippen LogP contribution in [0.2, 0.25) is 0 Å². The molecule has 2 amide bonds. The molecule has 0 aromatic heterocycles. The molecule has 0 radical (unpaired) electrons. The first-order valence-electron chi connectivity index (χ1n) is 11.1. The molecule has 0 aliphatic rings. The fraction of sp³-hybridized carbons (Fsp3) is 0.0690. The maximum Gasteiger partial charge on any atom is 0.271 e. The minimum absolute atomic E-state index is 0.203. The van der Waals surface area contributed by atoms with Crippen LogP contribution in [-0.2, 0) is 6.61 Å². The first-order valence-corrected chi connectivity index (χ1v) is 11.1. The van der Waals surface area contributed by atoms with E-state index in [0.29, 0.717) is 29.2 Å². The number of rotatable bonds is 8. The molecule has 35 heavy (non-hydrogen) atoms. The highest BCUT2D eigenvalue weighted by atomic mass is 16.5. The van der Waals surface area contributed by atoms with Crippen LogP contribution in [0, 0.1) is 6.92 Å². The first kappa shape index (κ1) is 23.4. The number of ether oxygens (including phenoxy) is 1. The van der Waals surface area contributed by atoms with Crippen LogP contribution in [0.4, 0.5) is 5.69 Å². The van der Waals surface area contributed by atoms with Gasteiger partial charge < -0.3 is 10.1 Å². The highest BCUT2D eigenvalue weighted by Crippen LogP contribution is 2.15. The van der Waals surface area contributed by atoms with E-state index in [1.54, 1.807) is 36.5 Å². The quantitative estimate of drug-likeness (QED) is 0.264. The molecule has 0 aliphatic heterocycles. The van der Waals surface area contributed by atoms with Crippen LogP contribution < -0.4 is 15.5 Å². The van der Waals surface area contributed by atoms with Gasteiger partial charge in [-0.15, -0.1) is 0 Å². The predicted octanol–water partition coefficient (Wildman–Crippen LogP) is 5.59. The summed E-state index contributed by atoms with van der Waals surface area (Å²) in [4.78, 5) is 24.8. The summed E-state index contributed by atoms with van der Waals surface area (Å²) in [5.41, 5.74) is 7.02. The summed E-state index contributed by atoms with van der Waals surface area (Å²) < 4.78 is 5.82. The number of benzene rings is 4. The number of carbonyl (C=O) groups is 2. The number of nitrogens with zero attached hydrogens (tertiary/aromatic N) is 1. The van der Waals surface area contributed by atoms with Crippen LogP contribution in [0.1, 0.15) is 37.4 Å². The van der Waals surface area contributed by atoms with Crippen molar-refractivity contribution in [3.05, 3.63) is 131 Å². The molecule has 0 bridgehead atoms. The van der Waals surface area contributed by atoms with E-state index < -0.39 is 0 Å². The number of hydrogen-bond acceptors (Lipinski definition) is 4. The summed E-state index contributed by atoms with van der Waals surface area (Å²) >= 11 is 0. The average molecular weight is 464 g/mol. The van der Waals surface area contributed by atoms with E-state index in [2.05, 4.69) is 15.8 Å². The maximum absolute atomic E-state index is 12.4.